The van der Waals surface area contributed by atoms with Crippen LogP contribution in [0.25, 0.3) is 0 Å². The molecule has 1 aromatic rings. The van der Waals surface area contributed by atoms with Crippen LogP contribution in [-0.4, -0.2) is 43.8 Å². The van der Waals surface area contributed by atoms with Gasteiger partial charge >= 0.3 is 0 Å². The summed E-state index contributed by atoms with van der Waals surface area (Å²) in [4.78, 5) is 10.1. The van der Waals surface area contributed by atoms with E-state index in [1.807, 2.05) is 0 Å². The number of fused-ring (bicyclic) bond motifs is 1. The first-order chi connectivity index (χ1) is 9.39. The van der Waals surface area contributed by atoms with E-state index in [-0.39, 0.29) is 14.2 Å². The molecule has 0 aliphatic carbocycles. The molecule has 0 radical (unpaired) electrons. The molecule has 2 aliphatic rings. The van der Waals surface area contributed by atoms with Gasteiger partial charge in [-0.1, -0.05) is 11.6 Å². The molecular formula is C10H12ClN3O4S2. The smallest absolute Gasteiger partial charge is 0.300 e. The van der Waals surface area contributed by atoms with Gasteiger partial charge in [0.25, 0.3) is 15.7 Å². The van der Waals surface area contributed by atoms with Crippen LogP contribution in [-0.2, 0) is 10.0 Å². The van der Waals surface area contributed by atoms with Gasteiger partial charge in [-0.3, -0.25) is 10.1 Å². The summed E-state index contributed by atoms with van der Waals surface area (Å²) in [6.07, 6.45) is 0. The Morgan fingerprint density at radius 3 is 2.50 bits per heavy atom. The number of nitro groups is 1. The molecular weight excluding hydrogens is 326 g/mol. The highest BCUT2D eigenvalue weighted by Crippen LogP contribution is 2.39. The SMILES string of the molecule is O=[N+]([O-])c1cc(S(=O)(=O)N2CC3CNCC3C2)sc1Cl. The van der Waals surface area contributed by atoms with Gasteiger partial charge in [-0.2, -0.15) is 4.31 Å². The van der Waals surface area contributed by atoms with Crippen LogP contribution in [0.3, 0.4) is 0 Å². The minimum atomic E-state index is -3.68. The number of hydrogen-bond acceptors (Lipinski definition) is 6. The van der Waals surface area contributed by atoms with Gasteiger partial charge in [0, 0.05) is 19.2 Å². The van der Waals surface area contributed by atoms with E-state index < -0.39 is 14.9 Å². The van der Waals surface area contributed by atoms with Gasteiger partial charge < -0.3 is 5.32 Å². The quantitative estimate of drug-likeness (QED) is 0.659. The maximum Gasteiger partial charge on any atom is 0.300 e. The van der Waals surface area contributed by atoms with Crippen LogP contribution >= 0.6 is 22.9 Å². The lowest BCUT2D eigenvalue weighted by molar-refractivity contribution is -0.384. The van der Waals surface area contributed by atoms with E-state index in [1.165, 1.54) is 4.31 Å². The maximum absolute atomic E-state index is 12.5. The largest absolute Gasteiger partial charge is 0.316 e. The molecule has 20 heavy (non-hydrogen) atoms. The summed E-state index contributed by atoms with van der Waals surface area (Å²) in [5, 5.41) is 14.0. The van der Waals surface area contributed by atoms with E-state index in [2.05, 4.69) is 5.32 Å². The van der Waals surface area contributed by atoms with Crippen LogP contribution in [0, 0.1) is 22.0 Å². The lowest BCUT2D eigenvalue weighted by Crippen LogP contribution is -2.31. The molecule has 110 valence electrons. The van der Waals surface area contributed by atoms with Gasteiger partial charge in [-0.25, -0.2) is 8.42 Å². The summed E-state index contributed by atoms with van der Waals surface area (Å²) < 4.78 is 26.2. The lowest BCUT2D eigenvalue weighted by atomic mass is 10.0. The molecule has 2 saturated heterocycles. The number of nitrogens with one attached hydrogen (secondary N) is 1. The third-order valence-electron chi connectivity index (χ3n) is 3.79. The van der Waals surface area contributed by atoms with Crippen LogP contribution in [0.5, 0.6) is 0 Å². The van der Waals surface area contributed by atoms with Crippen molar-refractivity contribution in [2.75, 3.05) is 26.2 Å². The Balaban J connectivity index is 1.89. The van der Waals surface area contributed by atoms with E-state index in [9.17, 15) is 18.5 Å². The highest BCUT2D eigenvalue weighted by molar-refractivity contribution is 7.91. The Morgan fingerprint density at radius 1 is 1.40 bits per heavy atom. The van der Waals surface area contributed by atoms with Gasteiger partial charge in [0.05, 0.1) is 4.92 Å². The molecule has 0 amide bonds. The highest BCUT2D eigenvalue weighted by atomic mass is 35.5. The third-order valence-corrected chi connectivity index (χ3v) is 7.41. The summed E-state index contributed by atoms with van der Waals surface area (Å²) >= 11 is 6.48. The van der Waals surface area contributed by atoms with E-state index >= 15 is 0 Å². The number of halogens is 1. The Kier molecular flexibility index (Phi) is 3.49. The second-order valence-electron chi connectivity index (χ2n) is 4.98. The minimum Gasteiger partial charge on any atom is -0.316 e. The number of thiophene rings is 1. The minimum absolute atomic E-state index is 0.0536. The summed E-state index contributed by atoms with van der Waals surface area (Å²) in [6.45, 7) is 2.57. The molecule has 2 aliphatic heterocycles. The van der Waals surface area contributed by atoms with Crippen molar-refractivity contribution in [3.05, 3.63) is 20.5 Å². The topological polar surface area (TPSA) is 92.5 Å². The van der Waals surface area contributed by atoms with E-state index in [0.717, 1.165) is 30.5 Å². The average molecular weight is 338 g/mol. The highest BCUT2D eigenvalue weighted by Gasteiger charge is 2.42. The lowest BCUT2D eigenvalue weighted by Gasteiger charge is -2.15. The standard InChI is InChI=1S/C10H12ClN3O4S2/c11-10-8(14(15)16)1-9(19-10)20(17,18)13-4-6-2-12-3-7(6)5-13/h1,6-7,12H,2-5H2. The second kappa shape index (κ2) is 4.92. The molecule has 1 aromatic heterocycles. The molecule has 0 aromatic carbocycles. The van der Waals surface area contributed by atoms with Gasteiger partial charge in [0.2, 0.25) is 0 Å². The van der Waals surface area contributed by atoms with Crippen molar-refractivity contribution in [2.45, 2.75) is 4.21 Å². The fourth-order valence-electron chi connectivity index (χ4n) is 2.73. The molecule has 2 unspecified atom stereocenters. The first-order valence-corrected chi connectivity index (χ1v) is 8.67. The van der Waals surface area contributed by atoms with Crippen LogP contribution in [0.15, 0.2) is 10.3 Å². The van der Waals surface area contributed by atoms with Crippen molar-refractivity contribution in [2.24, 2.45) is 11.8 Å². The Morgan fingerprint density at radius 2 is 2.00 bits per heavy atom. The van der Waals surface area contributed by atoms with Gasteiger partial charge in [-0.05, 0) is 24.9 Å². The second-order valence-corrected chi connectivity index (χ2v) is 8.80. The monoisotopic (exact) mass is 337 g/mol. The molecule has 3 heterocycles. The zero-order chi connectivity index (χ0) is 14.5. The molecule has 2 fully saturated rings. The zero-order valence-electron chi connectivity index (χ0n) is 10.3. The first kappa shape index (κ1) is 14.2. The summed E-state index contributed by atoms with van der Waals surface area (Å²) in [5.41, 5.74) is -0.351. The normalized spacial score (nSPS) is 26.9. The number of sulfonamides is 1. The average Bonchev–Trinajstić information content (AvgIpc) is 3.00. The number of rotatable bonds is 3. The Bertz CT molecular complexity index is 647. The van der Waals surface area contributed by atoms with Crippen molar-refractivity contribution in [3.63, 3.8) is 0 Å². The zero-order valence-corrected chi connectivity index (χ0v) is 12.7. The van der Waals surface area contributed by atoms with Gasteiger partial charge in [-0.15, -0.1) is 11.3 Å². The van der Waals surface area contributed by atoms with Crippen molar-refractivity contribution >= 4 is 38.6 Å². The van der Waals surface area contributed by atoms with Gasteiger partial charge in [0.15, 0.2) is 4.34 Å². The van der Waals surface area contributed by atoms with Crippen LogP contribution in [0.2, 0.25) is 4.34 Å². The fraction of sp³-hybridized carbons (Fsp3) is 0.600. The molecule has 0 saturated carbocycles. The molecule has 10 heteroatoms. The fourth-order valence-corrected chi connectivity index (χ4v) is 6.10. The van der Waals surface area contributed by atoms with Crippen LogP contribution in [0.1, 0.15) is 0 Å². The van der Waals surface area contributed by atoms with Crippen LogP contribution in [0.4, 0.5) is 5.69 Å². The van der Waals surface area contributed by atoms with Crippen molar-refractivity contribution in [1.29, 1.82) is 0 Å². The number of hydrogen-bond donors (Lipinski definition) is 1. The predicted molar refractivity (Wildman–Crippen MR) is 74.6 cm³/mol. The molecule has 3 rings (SSSR count). The van der Waals surface area contributed by atoms with Crippen molar-refractivity contribution in [1.82, 2.24) is 9.62 Å². The van der Waals surface area contributed by atoms with Crippen LogP contribution < -0.4 is 5.32 Å². The molecule has 2 atom stereocenters. The Labute approximate surface area is 124 Å². The summed E-state index contributed by atoms with van der Waals surface area (Å²) in [5.74, 6) is 0.658. The molecule has 1 N–H and O–H groups in total. The van der Waals surface area contributed by atoms with Crippen molar-refractivity contribution < 1.29 is 13.3 Å². The van der Waals surface area contributed by atoms with E-state index in [4.69, 9.17) is 11.6 Å². The van der Waals surface area contributed by atoms with E-state index in [1.54, 1.807) is 0 Å². The molecule has 0 spiro atoms. The molecule has 7 nitrogen and oxygen atoms in total. The van der Waals surface area contributed by atoms with Gasteiger partial charge in [0.1, 0.15) is 4.21 Å². The first-order valence-electron chi connectivity index (χ1n) is 6.04. The van der Waals surface area contributed by atoms with E-state index in [0.29, 0.717) is 24.9 Å². The third kappa shape index (κ3) is 2.23. The summed E-state index contributed by atoms with van der Waals surface area (Å²) in [7, 11) is -3.68. The Hall–Kier alpha value is -0.740. The predicted octanol–water partition coefficient (Wildman–Crippen LogP) is 1.15. The molecule has 0 bridgehead atoms. The van der Waals surface area contributed by atoms with Crippen molar-refractivity contribution in [3.8, 4) is 0 Å². The number of nitrogens with zero attached hydrogens (tertiary/aromatic N) is 2. The maximum atomic E-state index is 12.5. The summed E-state index contributed by atoms with van der Waals surface area (Å²) in [6, 6.07) is 1.05.